The number of likely N-dealkylation sites (N-methyl/N-ethyl adjacent to an activating group) is 1. The highest BCUT2D eigenvalue weighted by Gasteiger charge is 2.23. The first-order chi connectivity index (χ1) is 11.1. The molecule has 3 rings (SSSR count). The Kier molecular flexibility index (Phi) is 5.24. The molecule has 2 heterocycles. The minimum atomic E-state index is 0.584. The van der Waals surface area contributed by atoms with Crippen LogP contribution in [0.3, 0.4) is 0 Å². The highest BCUT2D eigenvalue weighted by molar-refractivity contribution is 5.84. The van der Waals surface area contributed by atoms with Gasteiger partial charge in [0.25, 0.3) is 0 Å². The van der Waals surface area contributed by atoms with Crippen LogP contribution in [0.2, 0.25) is 0 Å². The highest BCUT2D eigenvalue weighted by Crippen LogP contribution is 2.32. The van der Waals surface area contributed by atoms with Crippen molar-refractivity contribution in [3.05, 3.63) is 35.8 Å². The van der Waals surface area contributed by atoms with Gasteiger partial charge in [0, 0.05) is 37.0 Å². The van der Waals surface area contributed by atoms with Crippen molar-refractivity contribution < 1.29 is 0 Å². The van der Waals surface area contributed by atoms with Crippen LogP contribution in [0.15, 0.2) is 40.8 Å². The van der Waals surface area contributed by atoms with Crippen LogP contribution in [-0.4, -0.2) is 23.8 Å². The van der Waals surface area contributed by atoms with E-state index >= 15 is 0 Å². The first-order valence-electron chi connectivity index (χ1n) is 9.31. The fourth-order valence-electron chi connectivity index (χ4n) is 4.06. The van der Waals surface area contributed by atoms with Gasteiger partial charge in [0.05, 0.1) is 5.70 Å². The molecule has 0 saturated heterocycles. The summed E-state index contributed by atoms with van der Waals surface area (Å²) in [6, 6.07) is 0.584. The third-order valence-corrected chi connectivity index (χ3v) is 5.79. The van der Waals surface area contributed by atoms with E-state index in [0.29, 0.717) is 6.04 Å². The third kappa shape index (κ3) is 3.88. The molecule has 0 spiro atoms. The first kappa shape index (κ1) is 16.4. The zero-order valence-corrected chi connectivity index (χ0v) is 14.8. The number of aliphatic imine (C=N–C) groups is 1. The van der Waals surface area contributed by atoms with Gasteiger partial charge in [-0.15, -0.1) is 0 Å². The molecule has 0 amide bonds. The van der Waals surface area contributed by atoms with Crippen molar-refractivity contribution in [2.75, 3.05) is 7.05 Å². The van der Waals surface area contributed by atoms with Crippen molar-refractivity contribution in [2.45, 2.75) is 70.8 Å². The summed E-state index contributed by atoms with van der Waals surface area (Å²) >= 11 is 0. The quantitative estimate of drug-likeness (QED) is 0.814. The van der Waals surface area contributed by atoms with Gasteiger partial charge in [-0.3, -0.25) is 0 Å². The van der Waals surface area contributed by atoms with Crippen LogP contribution in [0, 0.1) is 5.92 Å². The average Bonchev–Trinajstić information content (AvgIpc) is 2.55. The maximum atomic E-state index is 4.84. The lowest BCUT2D eigenvalue weighted by atomic mass is 9.86. The van der Waals surface area contributed by atoms with Crippen LogP contribution in [0.4, 0.5) is 0 Å². The molecule has 0 aromatic rings. The maximum Gasteiger partial charge on any atom is 0.106 e. The Balaban J connectivity index is 1.68. The van der Waals surface area contributed by atoms with Crippen molar-refractivity contribution in [3.63, 3.8) is 0 Å². The first-order valence-corrected chi connectivity index (χ1v) is 9.31. The molecule has 3 aliphatic rings. The molecule has 3 heteroatoms. The molecule has 0 aromatic heterocycles. The summed E-state index contributed by atoms with van der Waals surface area (Å²) < 4.78 is 0. The molecule has 1 saturated carbocycles. The lowest BCUT2D eigenvalue weighted by molar-refractivity contribution is 0.293. The van der Waals surface area contributed by atoms with Crippen molar-refractivity contribution in [1.82, 2.24) is 10.2 Å². The zero-order chi connectivity index (χ0) is 16.2. The van der Waals surface area contributed by atoms with E-state index in [9.17, 15) is 0 Å². The standard InChI is InChI=1S/C20H31N3/c1-15-9-11-18-16(2)22-20(21-14-13-19(18)23(15)3)12-10-17-7-5-4-6-8-17/h13-15,17H,2,4-12H2,1,3H3,(H,21,22)/b14-13-. The maximum absolute atomic E-state index is 4.84. The van der Waals surface area contributed by atoms with Crippen LogP contribution in [0.5, 0.6) is 0 Å². The second-order valence-electron chi connectivity index (χ2n) is 7.39. The summed E-state index contributed by atoms with van der Waals surface area (Å²) in [5.74, 6) is 1.98. The van der Waals surface area contributed by atoms with Gasteiger partial charge in [-0.2, -0.15) is 0 Å². The minimum Gasteiger partial charge on any atom is -0.372 e. The Morgan fingerprint density at radius 1 is 1.26 bits per heavy atom. The summed E-state index contributed by atoms with van der Waals surface area (Å²) in [7, 11) is 2.17. The van der Waals surface area contributed by atoms with Gasteiger partial charge in [-0.05, 0) is 38.2 Å². The van der Waals surface area contributed by atoms with E-state index in [4.69, 9.17) is 4.99 Å². The number of hydrogen-bond acceptors (Lipinski definition) is 3. The fourth-order valence-corrected chi connectivity index (χ4v) is 4.06. The van der Waals surface area contributed by atoms with E-state index < -0.39 is 0 Å². The molecule has 0 radical (unpaired) electrons. The van der Waals surface area contributed by atoms with Gasteiger partial charge in [0.1, 0.15) is 5.84 Å². The van der Waals surface area contributed by atoms with Gasteiger partial charge in [-0.1, -0.05) is 38.7 Å². The lowest BCUT2D eigenvalue weighted by Gasteiger charge is -2.35. The second kappa shape index (κ2) is 7.37. The van der Waals surface area contributed by atoms with Gasteiger partial charge >= 0.3 is 0 Å². The summed E-state index contributed by atoms with van der Waals surface area (Å²) in [6.45, 7) is 6.54. The van der Waals surface area contributed by atoms with E-state index in [-0.39, 0.29) is 0 Å². The molecular weight excluding hydrogens is 282 g/mol. The Hall–Kier alpha value is -1.51. The normalized spacial score (nSPS) is 30.0. The van der Waals surface area contributed by atoms with Crippen LogP contribution in [-0.2, 0) is 0 Å². The topological polar surface area (TPSA) is 27.6 Å². The van der Waals surface area contributed by atoms with Gasteiger partial charge in [0.2, 0.25) is 0 Å². The minimum absolute atomic E-state index is 0.584. The molecule has 1 aliphatic carbocycles. The molecule has 23 heavy (non-hydrogen) atoms. The van der Waals surface area contributed by atoms with Crippen LogP contribution < -0.4 is 5.32 Å². The second-order valence-corrected chi connectivity index (χ2v) is 7.39. The molecule has 126 valence electrons. The smallest absolute Gasteiger partial charge is 0.106 e. The summed E-state index contributed by atoms with van der Waals surface area (Å²) in [4.78, 5) is 7.19. The van der Waals surface area contributed by atoms with Gasteiger partial charge < -0.3 is 10.2 Å². The number of allylic oxidation sites excluding steroid dienone is 2. The molecule has 1 unspecified atom stereocenters. The summed E-state index contributed by atoms with van der Waals surface area (Å²) in [6.07, 6.45) is 15.9. The zero-order valence-electron chi connectivity index (χ0n) is 14.8. The monoisotopic (exact) mass is 313 g/mol. The number of hydrogen-bond donors (Lipinski definition) is 1. The van der Waals surface area contributed by atoms with Crippen LogP contribution in [0.25, 0.3) is 0 Å². The fraction of sp³-hybridized carbons (Fsp3) is 0.650. The Morgan fingerprint density at radius 2 is 2.04 bits per heavy atom. The van der Waals surface area contributed by atoms with E-state index in [0.717, 1.165) is 30.3 Å². The number of amidine groups is 1. The Bertz CT molecular complexity index is 535. The van der Waals surface area contributed by atoms with Gasteiger partial charge in [0.15, 0.2) is 0 Å². The SMILES string of the molecule is C=C1/N=C(/CCC2CCCCC2)N/C=C\C2=C1CCC(C)N2C. The lowest BCUT2D eigenvalue weighted by Crippen LogP contribution is -2.33. The molecule has 1 fully saturated rings. The number of nitrogens with one attached hydrogen (secondary N) is 1. The molecule has 3 nitrogen and oxygen atoms in total. The third-order valence-electron chi connectivity index (χ3n) is 5.79. The Labute approximate surface area is 141 Å². The molecule has 0 aromatic carbocycles. The van der Waals surface area contributed by atoms with E-state index in [1.54, 1.807) is 0 Å². The van der Waals surface area contributed by atoms with Crippen LogP contribution >= 0.6 is 0 Å². The number of nitrogens with zero attached hydrogens (tertiary/aromatic N) is 2. The molecule has 2 aliphatic heterocycles. The van der Waals surface area contributed by atoms with Crippen molar-refractivity contribution in [2.24, 2.45) is 10.9 Å². The summed E-state index contributed by atoms with van der Waals surface area (Å²) in [5.41, 5.74) is 3.55. The van der Waals surface area contributed by atoms with E-state index in [1.165, 1.54) is 56.2 Å². The van der Waals surface area contributed by atoms with E-state index in [1.807, 2.05) is 0 Å². The molecule has 0 bridgehead atoms. The highest BCUT2D eigenvalue weighted by atomic mass is 15.1. The van der Waals surface area contributed by atoms with Crippen molar-refractivity contribution >= 4 is 5.84 Å². The van der Waals surface area contributed by atoms with E-state index in [2.05, 4.69) is 43.0 Å². The van der Waals surface area contributed by atoms with Crippen molar-refractivity contribution in [3.8, 4) is 0 Å². The molecule has 1 atom stereocenters. The predicted molar refractivity (Wildman–Crippen MR) is 98.1 cm³/mol. The van der Waals surface area contributed by atoms with Gasteiger partial charge in [-0.25, -0.2) is 4.99 Å². The summed E-state index contributed by atoms with van der Waals surface area (Å²) in [5, 5.41) is 3.41. The average molecular weight is 313 g/mol. The van der Waals surface area contributed by atoms with Crippen molar-refractivity contribution in [1.29, 1.82) is 0 Å². The molecule has 1 N–H and O–H groups in total. The number of rotatable bonds is 3. The Morgan fingerprint density at radius 3 is 2.83 bits per heavy atom. The van der Waals surface area contributed by atoms with Crippen LogP contribution in [0.1, 0.15) is 64.7 Å². The molecular formula is C20H31N3. The predicted octanol–water partition coefficient (Wildman–Crippen LogP) is 4.74. The largest absolute Gasteiger partial charge is 0.372 e.